The van der Waals surface area contributed by atoms with Crippen molar-refractivity contribution in [3.05, 3.63) is 84.4 Å². The van der Waals surface area contributed by atoms with Gasteiger partial charge in [0.2, 0.25) is 5.91 Å². The maximum atomic E-state index is 12.3. The third-order valence-electron chi connectivity index (χ3n) is 4.97. The summed E-state index contributed by atoms with van der Waals surface area (Å²) in [5.74, 6) is -0.244. The molecule has 0 saturated heterocycles. The van der Waals surface area contributed by atoms with Crippen molar-refractivity contribution in [2.45, 2.75) is 33.3 Å². The first-order chi connectivity index (χ1) is 16.3. The van der Waals surface area contributed by atoms with Crippen LogP contribution in [-0.4, -0.2) is 23.8 Å². The number of hydrazine groups is 1. The van der Waals surface area contributed by atoms with Gasteiger partial charge in [-0.1, -0.05) is 56.3 Å². The second kappa shape index (κ2) is 11.7. The standard InChI is InChI=1S/C27H29N3O4/c1-18(2)17-25(31)28-23-13-9-22(10-14-23)27(33)30-29-26(32)19(3)34-24-15-11-21(12-16-24)20-7-5-4-6-8-20/h4-16,18-19H,17H2,1-3H3,(H,28,31)(H,29,32)(H,30,33)/t19-/m1/s1. The number of amides is 3. The Bertz CT molecular complexity index is 1110. The van der Waals surface area contributed by atoms with Crippen molar-refractivity contribution in [3.63, 3.8) is 0 Å². The molecule has 1 atom stereocenters. The average molecular weight is 460 g/mol. The molecule has 3 aromatic rings. The molecular formula is C27H29N3O4. The van der Waals surface area contributed by atoms with E-state index < -0.39 is 17.9 Å². The summed E-state index contributed by atoms with van der Waals surface area (Å²) in [6.45, 7) is 5.53. The topological polar surface area (TPSA) is 96.5 Å². The van der Waals surface area contributed by atoms with E-state index in [0.717, 1.165) is 11.1 Å². The van der Waals surface area contributed by atoms with Gasteiger partial charge in [-0.25, -0.2) is 0 Å². The van der Waals surface area contributed by atoms with Gasteiger partial charge in [0.25, 0.3) is 11.8 Å². The van der Waals surface area contributed by atoms with Crippen LogP contribution in [0.2, 0.25) is 0 Å². The van der Waals surface area contributed by atoms with Crippen molar-refractivity contribution >= 4 is 23.4 Å². The fraction of sp³-hybridized carbons (Fsp3) is 0.222. The lowest BCUT2D eigenvalue weighted by Gasteiger charge is -2.15. The zero-order valence-electron chi connectivity index (χ0n) is 19.5. The van der Waals surface area contributed by atoms with Crippen molar-refractivity contribution < 1.29 is 19.1 Å². The van der Waals surface area contributed by atoms with Crippen LogP contribution in [0.25, 0.3) is 11.1 Å². The summed E-state index contributed by atoms with van der Waals surface area (Å²) in [5, 5.41) is 2.78. The summed E-state index contributed by atoms with van der Waals surface area (Å²) >= 11 is 0. The quantitative estimate of drug-likeness (QED) is 0.430. The molecule has 0 spiro atoms. The van der Waals surface area contributed by atoms with Crippen molar-refractivity contribution in [3.8, 4) is 16.9 Å². The summed E-state index contributed by atoms with van der Waals surface area (Å²) in [6, 6.07) is 23.8. The largest absolute Gasteiger partial charge is 0.481 e. The number of carbonyl (C=O) groups is 3. The van der Waals surface area contributed by atoms with Crippen LogP contribution < -0.4 is 20.9 Å². The Morgan fingerprint density at radius 1 is 0.765 bits per heavy atom. The van der Waals surface area contributed by atoms with E-state index >= 15 is 0 Å². The van der Waals surface area contributed by atoms with Crippen LogP contribution in [0.4, 0.5) is 5.69 Å². The number of hydrogen-bond donors (Lipinski definition) is 3. The van der Waals surface area contributed by atoms with Gasteiger partial charge in [-0.15, -0.1) is 0 Å². The Hall–Kier alpha value is -4.13. The van der Waals surface area contributed by atoms with Crippen LogP contribution in [-0.2, 0) is 9.59 Å². The molecule has 3 amide bonds. The molecule has 0 aliphatic heterocycles. The Kier molecular flexibility index (Phi) is 8.40. The highest BCUT2D eigenvalue weighted by molar-refractivity contribution is 5.97. The fourth-order valence-electron chi connectivity index (χ4n) is 3.19. The maximum Gasteiger partial charge on any atom is 0.279 e. The monoisotopic (exact) mass is 459 g/mol. The predicted molar refractivity (Wildman–Crippen MR) is 132 cm³/mol. The highest BCUT2D eigenvalue weighted by Gasteiger charge is 2.16. The Labute approximate surface area is 199 Å². The molecule has 0 fully saturated rings. The molecule has 34 heavy (non-hydrogen) atoms. The first kappa shape index (κ1) is 24.5. The van der Waals surface area contributed by atoms with Gasteiger partial charge < -0.3 is 10.1 Å². The van der Waals surface area contributed by atoms with Gasteiger partial charge in [0.15, 0.2) is 6.10 Å². The summed E-state index contributed by atoms with van der Waals surface area (Å²) < 4.78 is 5.68. The van der Waals surface area contributed by atoms with Crippen LogP contribution in [0.15, 0.2) is 78.9 Å². The summed E-state index contributed by atoms with van der Waals surface area (Å²) in [5.41, 5.74) is 7.83. The van der Waals surface area contributed by atoms with Crippen LogP contribution in [0, 0.1) is 5.92 Å². The lowest BCUT2D eigenvalue weighted by molar-refractivity contribution is -0.128. The average Bonchev–Trinajstić information content (AvgIpc) is 2.83. The van der Waals surface area contributed by atoms with E-state index in [2.05, 4.69) is 16.2 Å². The van der Waals surface area contributed by atoms with E-state index in [9.17, 15) is 14.4 Å². The van der Waals surface area contributed by atoms with Crippen molar-refractivity contribution in [1.82, 2.24) is 10.9 Å². The zero-order valence-corrected chi connectivity index (χ0v) is 19.5. The number of carbonyl (C=O) groups excluding carboxylic acids is 3. The molecule has 0 unspecified atom stereocenters. The molecule has 7 heteroatoms. The van der Waals surface area contributed by atoms with E-state index in [4.69, 9.17) is 4.74 Å². The second-order valence-electron chi connectivity index (χ2n) is 8.32. The first-order valence-electron chi connectivity index (χ1n) is 11.1. The molecule has 0 aliphatic rings. The summed E-state index contributed by atoms with van der Waals surface area (Å²) in [7, 11) is 0. The molecule has 176 valence electrons. The zero-order chi connectivity index (χ0) is 24.5. The number of nitrogens with one attached hydrogen (secondary N) is 3. The highest BCUT2D eigenvalue weighted by atomic mass is 16.5. The molecule has 0 aliphatic carbocycles. The van der Waals surface area contributed by atoms with Crippen LogP contribution in [0.5, 0.6) is 5.75 Å². The van der Waals surface area contributed by atoms with Crippen molar-refractivity contribution in [2.24, 2.45) is 5.92 Å². The highest BCUT2D eigenvalue weighted by Crippen LogP contribution is 2.22. The number of benzene rings is 3. The lowest BCUT2D eigenvalue weighted by atomic mass is 10.1. The molecule has 0 aromatic heterocycles. The normalized spacial score (nSPS) is 11.4. The van der Waals surface area contributed by atoms with E-state index in [1.807, 2.05) is 56.3 Å². The maximum absolute atomic E-state index is 12.3. The van der Waals surface area contributed by atoms with Gasteiger partial charge in [0, 0.05) is 17.7 Å². The molecule has 3 N–H and O–H groups in total. The van der Waals surface area contributed by atoms with Gasteiger partial charge in [-0.2, -0.15) is 0 Å². The molecule has 3 rings (SSSR count). The van der Waals surface area contributed by atoms with Crippen LogP contribution >= 0.6 is 0 Å². The van der Waals surface area contributed by atoms with Gasteiger partial charge in [0.1, 0.15) is 5.75 Å². The van der Waals surface area contributed by atoms with E-state index in [1.54, 1.807) is 43.3 Å². The Balaban J connectivity index is 1.47. The summed E-state index contributed by atoms with van der Waals surface area (Å²) in [6.07, 6.45) is -0.396. The number of hydrogen-bond acceptors (Lipinski definition) is 4. The SMILES string of the molecule is CC(C)CC(=O)Nc1ccc(C(=O)NNC(=O)[C@@H](C)Oc2ccc(-c3ccccc3)cc2)cc1. The Morgan fingerprint density at radius 3 is 2.00 bits per heavy atom. The van der Waals surface area contributed by atoms with Crippen LogP contribution in [0.1, 0.15) is 37.6 Å². The third-order valence-corrected chi connectivity index (χ3v) is 4.97. The van der Waals surface area contributed by atoms with E-state index in [1.165, 1.54) is 0 Å². The minimum absolute atomic E-state index is 0.0804. The lowest BCUT2D eigenvalue weighted by Crippen LogP contribution is -2.47. The van der Waals surface area contributed by atoms with Gasteiger partial charge in [-0.3, -0.25) is 25.2 Å². The van der Waals surface area contributed by atoms with E-state index in [-0.39, 0.29) is 11.8 Å². The smallest absolute Gasteiger partial charge is 0.279 e. The molecule has 0 heterocycles. The molecule has 0 saturated carbocycles. The summed E-state index contributed by atoms with van der Waals surface area (Å²) in [4.78, 5) is 36.5. The van der Waals surface area contributed by atoms with E-state index in [0.29, 0.717) is 23.4 Å². The van der Waals surface area contributed by atoms with Crippen LogP contribution in [0.3, 0.4) is 0 Å². The predicted octanol–water partition coefficient (Wildman–Crippen LogP) is 4.57. The van der Waals surface area contributed by atoms with Gasteiger partial charge in [0.05, 0.1) is 0 Å². The number of ether oxygens (including phenoxy) is 1. The van der Waals surface area contributed by atoms with Crippen molar-refractivity contribution in [1.29, 1.82) is 0 Å². The number of rotatable bonds is 8. The van der Waals surface area contributed by atoms with Gasteiger partial charge >= 0.3 is 0 Å². The first-order valence-corrected chi connectivity index (χ1v) is 11.1. The molecule has 0 radical (unpaired) electrons. The van der Waals surface area contributed by atoms with Crippen molar-refractivity contribution in [2.75, 3.05) is 5.32 Å². The molecule has 3 aromatic carbocycles. The third kappa shape index (κ3) is 7.20. The fourth-order valence-corrected chi connectivity index (χ4v) is 3.19. The molecule has 0 bridgehead atoms. The molecular weight excluding hydrogens is 430 g/mol. The second-order valence-corrected chi connectivity index (χ2v) is 8.32. The minimum Gasteiger partial charge on any atom is -0.481 e. The number of anilines is 1. The van der Waals surface area contributed by atoms with Gasteiger partial charge in [-0.05, 0) is 60.4 Å². The minimum atomic E-state index is -0.818. The molecule has 7 nitrogen and oxygen atoms in total. The Morgan fingerprint density at radius 2 is 1.38 bits per heavy atom.